The third kappa shape index (κ3) is 6.38. The Kier molecular flexibility index (Phi) is 7.69. The van der Waals surface area contributed by atoms with Crippen LogP contribution in [-0.4, -0.2) is 30.8 Å². The van der Waals surface area contributed by atoms with Crippen LogP contribution in [0.5, 0.6) is 5.88 Å². The fraction of sp³-hybridized carbons (Fsp3) is 0.200. The molecule has 7 heteroatoms. The summed E-state index contributed by atoms with van der Waals surface area (Å²) in [4.78, 5) is 16.0. The van der Waals surface area contributed by atoms with Crippen LogP contribution in [0.2, 0.25) is 0 Å². The van der Waals surface area contributed by atoms with Gasteiger partial charge in [-0.2, -0.15) is 10.4 Å². The van der Waals surface area contributed by atoms with Crippen LogP contribution in [0.25, 0.3) is 6.08 Å². The molecule has 7 nitrogen and oxygen atoms in total. The molecule has 0 saturated heterocycles. The summed E-state index contributed by atoms with van der Waals surface area (Å²) in [6, 6.07) is 13.5. The number of nitrogens with one attached hydrogen (secondary N) is 1. The molecule has 0 atom stereocenters. The van der Waals surface area contributed by atoms with E-state index in [1.165, 1.54) is 13.3 Å². The Hall–Kier alpha value is -3.50. The molecule has 0 fully saturated rings. The highest BCUT2D eigenvalue weighted by Gasteiger charge is 2.14. The van der Waals surface area contributed by atoms with Gasteiger partial charge in [-0.25, -0.2) is 10.4 Å². The molecule has 1 aromatic carbocycles. The van der Waals surface area contributed by atoms with E-state index in [2.05, 4.69) is 15.5 Å². The molecule has 0 unspecified atom stereocenters. The van der Waals surface area contributed by atoms with Gasteiger partial charge in [0, 0.05) is 24.6 Å². The first-order valence-electron chi connectivity index (χ1n) is 8.20. The van der Waals surface area contributed by atoms with Crippen LogP contribution >= 0.6 is 0 Å². The van der Waals surface area contributed by atoms with Crippen LogP contribution in [0.15, 0.2) is 47.6 Å². The van der Waals surface area contributed by atoms with Gasteiger partial charge in [-0.05, 0) is 24.6 Å². The van der Waals surface area contributed by atoms with Gasteiger partial charge in [0.25, 0.3) is 5.91 Å². The van der Waals surface area contributed by atoms with Crippen LogP contribution in [0.3, 0.4) is 0 Å². The number of nitriles is 1. The van der Waals surface area contributed by atoms with Gasteiger partial charge in [-0.15, -0.1) is 0 Å². The lowest BCUT2D eigenvalue weighted by molar-refractivity contribution is -0.123. The van der Waals surface area contributed by atoms with Crippen molar-refractivity contribution in [3.05, 3.63) is 64.9 Å². The van der Waals surface area contributed by atoms with Gasteiger partial charge < -0.3 is 9.47 Å². The second-order valence-electron chi connectivity index (χ2n) is 5.52. The molecule has 0 saturated carbocycles. The molecule has 2 rings (SSSR count). The van der Waals surface area contributed by atoms with Crippen LogP contribution in [-0.2, 0) is 16.1 Å². The number of nitrogens with zero attached hydrogens (tertiary/aromatic N) is 3. The molecule has 0 aliphatic heterocycles. The summed E-state index contributed by atoms with van der Waals surface area (Å²) < 4.78 is 10.5. The molecular formula is C20H20N4O3. The van der Waals surface area contributed by atoms with E-state index in [0.717, 1.165) is 5.56 Å². The number of aryl methyl sites for hydroxylation is 1. The molecule has 0 radical (unpaired) electrons. The zero-order chi connectivity index (χ0) is 19.5. The maximum absolute atomic E-state index is 11.8. The summed E-state index contributed by atoms with van der Waals surface area (Å²) in [7, 11) is 1.54. The molecule has 27 heavy (non-hydrogen) atoms. The van der Waals surface area contributed by atoms with E-state index in [4.69, 9.17) is 9.47 Å². The minimum atomic E-state index is -0.458. The van der Waals surface area contributed by atoms with Gasteiger partial charge >= 0.3 is 0 Å². The fourth-order valence-electron chi connectivity index (χ4n) is 2.24. The molecule has 138 valence electrons. The molecule has 0 spiro atoms. The number of methoxy groups -OCH3 is 1. The summed E-state index contributed by atoms with van der Waals surface area (Å²) in [5.74, 6) is -0.354. The topological polar surface area (TPSA) is 96.6 Å². The Morgan fingerprint density at radius 1 is 1.37 bits per heavy atom. The summed E-state index contributed by atoms with van der Waals surface area (Å²) in [5.41, 5.74) is 4.96. The third-order valence-corrected chi connectivity index (χ3v) is 3.39. The molecule has 2 aromatic rings. The number of allylic oxidation sites excluding steroid dienone is 1. The lowest BCUT2D eigenvalue weighted by Crippen LogP contribution is -2.25. The summed E-state index contributed by atoms with van der Waals surface area (Å²) in [6.07, 6.45) is 5.04. The van der Waals surface area contributed by atoms with Crippen LogP contribution in [0, 0.1) is 18.3 Å². The molecule has 0 bridgehead atoms. The predicted octanol–water partition coefficient (Wildman–Crippen LogP) is 2.60. The van der Waals surface area contributed by atoms with Crippen molar-refractivity contribution in [3.63, 3.8) is 0 Å². The van der Waals surface area contributed by atoms with Gasteiger partial charge in [-0.1, -0.05) is 36.4 Å². The highest BCUT2D eigenvalue weighted by atomic mass is 16.5. The quantitative estimate of drug-likeness (QED) is 0.574. The number of pyridine rings is 1. The number of hydrazone groups is 1. The van der Waals surface area contributed by atoms with Crippen molar-refractivity contribution in [2.45, 2.75) is 13.5 Å². The number of carbonyl (C=O) groups is 1. The first-order chi connectivity index (χ1) is 13.1. The van der Waals surface area contributed by atoms with Crippen LogP contribution < -0.4 is 10.2 Å². The Labute approximate surface area is 157 Å². The van der Waals surface area contributed by atoms with Crippen molar-refractivity contribution in [2.75, 3.05) is 13.7 Å². The monoisotopic (exact) mass is 364 g/mol. The van der Waals surface area contributed by atoms with Gasteiger partial charge in [0.1, 0.15) is 11.6 Å². The van der Waals surface area contributed by atoms with Gasteiger partial charge in [0.05, 0.1) is 6.61 Å². The SMILES string of the molecule is COCc1cc(C)nc(OCC(=O)N/N=C\C=C\c2ccccc2)c1C#N. The van der Waals surface area contributed by atoms with Crippen molar-refractivity contribution in [1.82, 2.24) is 10.4 Å². The highest BCUT2D eigenvalue weighted by Crippen LogP contribution is 2.21. The van der Waals surface area contributed by atoms with Crippen molar-refractivity contribution in [3.8, 4) is 11.9 Å². The predicted molar refractivity (Wildman–Crippen MR) is 102 cm³/mol. The number of aromatic nitrogens is 1. The minimum Gasteiger partial charge on any atom is -0.467 e. The molecule has 0 aliphatic rings. The first-order valence-corrected chi connectivity index (χ1v) is 8.20. The van der Waals surface area contributed by atoms with Crippen molar-refractivity contribution >= 4 is 18.2 Å². The Bertz CT molecular complexity index is 871. The third-order valence-electron chi connectivity index (χ3n) is 3.39. The van der Waals surface area contributed by atoms with Crippen LogP contribution in [0.1, 0.15) is 22.4 Å². The number of ether oxygens (including phenoxy) is 2. The minimum absolute atomic E-state index is 0.104. The molecule has 1 heterocycles. The fourth-order valence-corrected chi connectivity index (χ4v) is 2.24. The largest absolute Gasteiger partial charge is 0.467 e. The first kappa shape index (κ1) is 19.8. The van der Waals surface area contributed by atoms with Gasteiger partial charge in [0.15, 0.2) is 6.61 Å². The average Bonchev–Trinajstić information content (AvgIpc) is 2.67. The molecule has 1 amide bonds. The van der Waals surface area contributed by atoms with Gasteiger partial charge in [0.2, 0.25) is 5.88 Å². The van der Waals surface area contributed by atoms with Gasteiger partial charge in [-0.3, -0.25) is 4.79 Å². The Morgan fingerprint density at radius 2 is 2.15 bits per heavy atom. The maximum Gasteiger partial charge on any atom is 0.278 e. The summed E-state index contributed by atoms with van der Waals surface area (Å²) in [6.45, 7) is 1.72. The zero-order valence-corrected chi connectivity index (χ0v) is 15.2. The van der Waals surface area contributed by atoms with Crippen molar-refractivity contribution in [1.29, 1.82) is 5.26 Å². The van der Waals surface area contributed by atoms with E-state index < -0.39 is 5.91 Å². The van der Waals surface area contributed by atoms with Crippen molar-refractivity contribution in [2.24, 2.45) is 5.10 Å². The molecule has 0 aliphatic carbocycles. The van der Waals surface area contributed by atoms with E-state index in [-0.39, 0.29) is 24.7 Å². The lowest BCUT2D eigenvalue weighted by atomic mass is 10.1. The van der Waals surface area contributed by atoms with E-state index in [1.807, 2.05) is 42.5 Å². The Morgan fingerprint density at radius 3 is 2.85 bits per heavy atom. The second kappa shape index (κ2) is 10.5. The average molecular weight is 364 g/mol. The number of rotatable bonds is 8. The normalized spacial score (nSPS) is 10.9. The smallest absolute Gasteiger partial charge is 0.278 e. The highest BCUT2D eigenvalue weighted by molar-refractivity contribution is 5.82. The Balaban J connectivity index is 1.89. The summed E-state index contributed by atoms with van der Waals surface area (Å²) >= 11 is 0. The number of hydrogen-bond donors (Lipinski definition) is 1. The standard InChI is InChI=1S/C20H20N4O3/c1-15-11-17(13-26-2)18(12-21)20(23-15)27-14-19(25)24-22-10-6-9-16-7-4-3-5-8-16/h3-11H,13-14H2,1-2H3,(H,24,25)/b9-6+,22-10-. The lowest BCUT2D eigenvalue weighted by Gasteiger charge is -2.10. The van der Waals surface area contributed by atoms with Crippen LogP contribution in [0.4, 0.5) is 0 Å². The maximum atomic E-state index is 11.8. The molecule has 1 aromatic heterocycles. The molecule has 1 N–H and O–H groups in total. The number of hydrogen-bond acceptors (Lipinski definition) is 6. The second-order valence-corrected chi connectivity index (χ2v) is 5.52. The van der Waals surface area contributed by atoms with E-state index >= 15 is 0 Å². The number of carbonyl (C=O) groups excluding carboxylic acids is 1. The number of benzene rings is 1. The van der Waals surface area contributed by atoms with E-state index in [0.29, 0.717) is 11.3 Å². The van der Waals surface area contributed by atoms with Crippen molar-refractivity contribution < 1.29 is 14.3 Å². The van der Waals surface area contributed by atoms with E-state index in [9.17, 15) is 10.1 Å². The summed E-state index contributed by atoms with van der Waals surface area (Å²) in [5, 5.41) is 13.1. The van der Waals surface area contributed by atoms with E-state index in [1.54, 1.807) is 19.1 Å². The zero-order valence-electron chi connectivity index (χ0n) is 15.2. The molecular weight excluding hydrogens is 344 g/mol. The number of amides is 1.